The van der Waals surface area contributed by atoms with Gasteiger partial charge in [-0.2, -0.15) is 0 Å². The topological polar surface area (TPSA) is 143 Å². The number of carbonyl (C=O) groups excluding carboxylic acids is 2. The van der Waals surface area contributed by atoms with Gasteiger partial charge in [-0.15, -0.1) is 0 Å². The number of hydrogen-bond acceptors (Lipinski definition) is 9. The molecule has 3 N–H and O–H groups in total. The van der Waals surface area contributed by atoms with Crippen LogP contribution in [-0.2, 0) is 9.47 Å². The van der Waals surface area contributed by atoms with Crippen LogP contribution in [0.15, 0.2) is 21.4 Å². The van der Waals surface area contributed by atoms with E-state index in [-0.39, 0.29) is 11.6 Å². The van der Waals surface area contributed by atoms with Gasteiger partial charge in [-0.3, -0.25) is 0 Å². The Labute approximate surface area is 162 Å². The number of nitrogens with one attached hydrogen (secondary N) is 1. The molecule has 0 aliphatic rings. The number of unbranched alkanes of at least 4 members (excludes halogenated alkanes) is 1. The Balaban J connectivity index is 1.76. The summed E-state index contributed by atoms with van der Waals surface area (Å²) in [4.78, 5) is 31.2. The zero-order valence-corrected chi connectivity index (χ0v) is 16.5. The van der Waals surface area contributed by atoms with E-state index in [0.29, 0.717) is 24.6 Å². The molecule has 2 heterocycles. The minimum absolute atomic E-state index is 0.0452. The van der Waals surface area contributed by atoms with Crippen LogP contribution in [0.4, 0.5) is 4.79 Å². The fraction of sp³-hybridized carbons (Fsp3) is 0.556. The standard InChI is InChI=1S/C18H26N4O6/c1-18(2,3)28-17(24)20-8-6-5-7-11(19)14-21-12(9-26-14)15-22-13(10-27-15)16(23)25-4/h9-11H,5-8,19H2,1-4H3,(H,20,24)/t11-/m0/s1. The summed E-state index contributed by atoms with van der Waals surface area (Å²) < 4.78 is 20.3. The lowest BCUT2D eigenvalue weighted by Gasteiger charge is -2.19. The van der Waals surface area contributed by atoms with Crippen molar-refractivity contribution in [3.8, 4) is 11.6 Å². The lowest BCUT2D eigenvalue weighted by Crippen LogP contribution is -2.33. The SMILES string of the molecule is COC(=O)c1coc(-c2coc([C@@H](N)CCCCNC(=O)OC(C)(C)C)n2)n1. The molecular formula is C18H26N4O6. The summed E-state index contributed by atoms with van der Waals surface area (Å²) in [5, 5.41) is 2.70. The number of nitrogens with zero attached hydrogens (tertiary/aromatic N) is 2. The smallest absolute Gasteiger partial charge is 0.407 e. The minimum atomic E-state index is -0.601. The van der Waals surface area contributed by atoms with Crippen molar-refractivity contribution in [1.82, 2.24) is 15.3 Å². The number of ether oxygens (including phenoxy) is 2. The molecule has 0 fully saturated rings. The molecule has 0 aliphatic heterocycles. The molecule has 2 aromatic rings. The Bertz CT molecular complexity index is 792. The Morgan fingerprint density at radius 1 is 1.21 bits per heavy atom. The second-order valence-electron chi connectivity index (χ2n) is 7.13. The highest BCUT2D eigenvalue weighted by atomic mass is 16.6. The van der Waals surface area contributed by atoms with Crippen LogP contribution in [-0.4, -0.2) is 41.3 Å². The minimum Gasteiger partial charge on any atom is -0.464 e. The van der Waals surface area contributed by atoms with Gasteiger partial charge in [0.05, 0.1) is 13.2 Å². The van der Waals surface area contributed by atoms with Gasteiger partial charge in [-0.05, 0) is 40.0 Å². The van der Waals surface area contributed by atoms with Crippen molar-refractivity contribution in [3.63, 3.8) is 0 Å². The molecule has 1 amide bonds. The summed E-state index contributed by atoms with van der Waals surface area (Å²) >= 11 is 0. The molecule has 2 rings (SSSR count). The highest BCUT2D eigenvalue weighted by Crippen LogP contribution is 2.22. The molecule has 0 saturated carbocycles. The summed E-state index contributed by atoms with van der Waals surface area (Å²) in [7, 11) is 1.26. The van der Waals surface area contributed by atoms with E-state index >= 15 is 0 Å². The third-order valence-electron chi connectivity index (χ3n) is 3.57. The number of amides is 1. The van der Waals surface area contributed by atoms with E-state index in [9.17, 15) is 9.59 Å². The first-order valence-corrected chi connectivity index (χ1v) is 8.91. The van der Waals surface area contributed by atoms with Crippen LogP contribution in [0.3, 0.4) is 0 Å². The third-order valence-corrected chi connectivity index (χ3v) is 3.57. The van der Waals surface area contributed by atoms with Gasteiger partial charge in [0.15, 0.2) is 11.4 Å². The van der Waals surface area contributed by atoms with Gasteiger partial charge >= 0.3 is 12.1 Å². The number of aromatic nitrogens is 2. The van der Waals surface area contributed by atoms with Gasteiger partial charge in [0.25, 0.3) is 0 Å². The average molecular weight is 394 g/mol. The van der Waals surface area contributed by atoms with Crippen LogP contribution in [0.2, 0.25) is 0 Å². The van der Waals surface area contributed by atoms with Crippen molar-refractivity contribution in [1.29, 1.82) is 0 Å². The zero-order valence-electron chi connectivity index (χ0n) is 16.5. The van der Waals surface area contributed by atoms with Crippen LogP contribution in [0.5, 0.6) is 0 Å². The van der Waals surface area contributed by atoms with E-state index in [0.717, 1.165) is 12.8 Å². The fourth-order valence-electron chi connectivity index (χ4n) is 2.26. The molecule has 0 unspecified atom stereocenters. The molecule has 10 heteroatoms. The third kappa shape index (κ3) is 6.38. The number of oxazole rings is 2. The Morgan fingerprint density at radius 2 is 1.96 bits per heavy atom. The molecule has 154 valence electrons. The van der Waals surface area contributed by atoms with Crippen LogP contribution in [0.1, 0.15) is 62.5 Å². The van der Waals surface area contributed by atoms with E-state index in [4.69, 9.17) is 19.3 Å². The molecule has 1 atom stereocenters. The van der Waals surface area contributed by atoms with E-state index in [1.807, 2.05) is 20.8 Å². The van der Waals surface area contributed by atoms with Gasteiger partial charge in [0.2, 0.25) is 11.8 Å². The molecule has 0 radical (unpaired) electrons. The summed E-state index contributed by atoms with van der Waals surface area (Å²) in [6, 6.07) is -0.412. The largest absolute Gasteiger partial charge is 0.464 e. The summed E-state index contributed by atoms with van der Waals surface area (Å²) in [5.74, 6) is -0.118. The fourth-order valence-corrected chi connectivity index (χ4v) is 2.26. The molecule has 10 nitrogen and oxygen atoms in total. The first-order chi connectivity index (χ1) is 13.2. The van der Waals surface area contributed by atoms with Crippen molar-refractivity contribution in [2.24, 2.45) is 5.73 Å². The van der Waals surface area contributed by atoms with Crippen LogP contribution in [0, 0.1) is 0 Å². The van der Waals surface area contributed by atoms with E-state index in [1.165, 1.54) is 19.6 Å². The average Bonchev–Trinajstić information content (AvgIpc) is 3.28. The van der Waals surface area contributed by atoms with Crippen molar-refractivity contribution in [3.05, 3.63) is 24.1 Å². The van der Waals surface area contributed by atoms with Gasteiger partial charge < -0.3 is 29.4 Å². The second kappa shape index (κ2) is 9.36. The quantitative estimate of drug-likeness (QED) is 0.510. The number of nitrogens with two attached hydrogens (primary N) is 1. The molecule has 28 heavy (non-hydrogen) atoms. The molecular weight excluding hydrogens is 368 g/mol. The highest BCUT2D eigenvalue weighted by molar-refractivity contribution is 5.87. The van der Waals surface area contributed by atoms with Crippen molar-refractivity contribution in [2.75, 3.05) is 13.7 Å². The second-order valence-corrected chi connectivity index (χ2v) is 7.13. The van der Waals surface area contributed by atoms with Gasteiger partial charge in [0, 0.05) is 6.54 Å². The maximum Gasteiger partial charge on any atom is 0.407 e. The molecule has 0 spiro atoms. The maximum atomic E-state index is 11.6. The van der Waals surface area contributed by atoms with E-state index < -0.39 is 23.7 Å². The number of methoxy groups -OCH3 is 1. The monoisotopic (exact) mass is 394 g/mol. The number of alkyl carbamates (subject to hydrolysis) is 1. The number of esters is 1. The van der Waals surface area contributed by atoms with Gasteiger partial charge in [0.1, 0.15) is 18.1 Å². The van der Waals surface area contributed by atoms with E-state index in [2.05, 4.69) is 20.0 Å². The first kappa shape index (κ1) is 21.4. The van der Waals surface area contributed by atoms with Crippen LogP contribution in [0.25, 0.3) is 11.6 Å². The number of carbonyl (C=O) groups is 2. The Hall–Kier alpha value is -2.88. The highest BCUT2D eigenvalue weighted by Gasteiger charge is 2.19. The van der Waals surface area contributed by atoms with Crippen molar-refractivity contribution >= 4 is 12.1 Å². The summed E-state index contributed by atoms with van der Waals surface area (Å²) in [5.41, 5.74) is 5.96. The van der Waals surface area contributed by atoms with E-state index in [1.54, 1.807) is 0 Å². The predicted molar refractivity (Wildman–Crippen MR) is 98.4 cm³/mol. The zero-order chi connectivity index (χ0) is 20.7. The molecule has 0 saturated heterocycles. The molecule has 0 bridgehead atoms. The molecule has 2 aromatic heterocycles. The van der Waals surface area contributed by atoms with Gasteiger partial charge in [-0.25, -0.2) is 19.6 Å². The van der Waals surface area contributed by atoms with Crippen LogP contribution >= 0.6 is 0 Å². The predicted octanol–water partition coefficient (Wildman–Crippen LogP) is 2.81. The Morgan fingerprint density at radius 3 is 2.64 bits per heavy atom. The lowest BCUT2D eigenvalue weighted by atomic mass is 10.1. The van der Waals surface area contributed by atoms with Crippen LogP contribution < -0.4 is 11.1 Å². The summed E-state index contributed by atoms with van der Waals surface area (Å²) in [6.07, 6.45) is 4.24. The maximum absolute atomic E-state index is 11.6. The lowest BCUT2D eigenvalue weighted by molar-refractivity contribution is 0.0525. The summed E-state index contributed by atoms with van der Waals surface area (Å²) in [6.45, 7) is 5.92. The van der Waals surface area contributed by atoms with Crippen molar-refractivity contribution < 1.29 is 27.9 Å². The normalized spacial score (nSPS) is 12.5. The number of rotatable bonds is 8. The number of hydrogen-bond donors (Lipinski definition) is 2. The van der Waals surface area contributed by atoms with Gasteiger partial charge in [-0.1, -0.05) is 0 Å². The van der Waals surface area contributed by atoms with Crippen molar-refractivity contribution in [2.45, 2.75) is 51.7 Å². The Kier molecular flexibility index (Phi) is 7.16. The first-order valence-electron chi connectivity index (χ1n) is 8.91. The molecule has 0 aromatic carbocycles. The molecule has 0 aliphatic carbocycles.